The van der Waals surface area contributed by atoms with Crippen molar-refractivity contribution in [1.29, 1.82) is 0 Å². The van der Waals surface area contributed by atoms with Gasteiger partial charge in [0.05, 0.1) is 24.3 Å². The number of amides is 2. The average molecular weight is 333 g/mol. The summed E-state index contributed by atoms with van der Waals surface area (Å²) in [6.07, 6.45) is 0. The number of halogens is 1. The van der Waals surface area contributed by atoms with Gasteiger partial charge in [0, 0.05) is 24.2 Å². The number of nitrogens with zero attached hydrogens (tertiary/aromatic N) is 1. The maximum Gasteiger partial charge on any atom is 0.322 e. The van der Waals surface area contributed by atoms with E-state index in [0.29, 0.717) is 16.5 Å². The normalized spacial score (nSPS) is 17.4. The van der Waals surface area contributed by atoms with Crippen LogP contribution in [0.1, 0.15) is 5.56 Å². The summed E-state index contributed by atoms with van der Waals surface area (Å²) in [4.78, 5) is 13.7. The van der Waals surface area contributed by atoms with Gasteiger partial charge in [-0.1, -0.05) is 11.6 Å². The van der Waals surface area contributed by atoms with Crippen molar-refractivity contribution < 1.29 is 17.9 Å². The van der Waals surface area contributed by atoms with Crippen LogP contribution in [-0.2, 0) is 9.84 Å². The van der Waals surface area contributed by atoms with Crippen molar-refractivity contribution in [3.05, 3.63) is 22.7 Å². The smallest absolute Gasteiger partial charge is 0.322 e. The molecule has 0 aliphatic carbocycles. The van der Waals surface area contributed by atoms with Gasteiger partial charge >= 0.3 is 6.03 Å². The van der Waals surface area contributed by atoms with Crippen LogP contribution in [-0.4, -0.2) is 51.1 Å². The SMILES string of the molecule is COc1cc(Cl)c(C)cc1NC(=O)N1CCS(=O)(=O)CC1. The van der Waals surface area contributed by atoms with Crippen molar-refractivity contribution >= 4 is 33.2 Å². The van der Waals surface area contributed by atoms with Gasteiger partial charge in [0.1, 0.15) is 5.75 Å². The lowest BCUT2D eigenvalue weighted by molar-refractivity contribution is 0.216. The number of urea groups is 1. The summed E-state index contributed by atoms with van der Waals surface area (Å²) < 4.78 is 27.9. The molecule has 0 unspecified atom stereocenters. The van der Waals surface area contributed by atoms with E-state index in [9.17, 15) is 13.2 Å². The highest BCUT2D eigenvalue weighted by Crippen LogP contribution is 2.31. The van der Waals surface area contributed by atoms with Gasteiger partial charge in [-0.3, -0.25) is 0 Å². The predicted octanol–water partition coefficient (Wildman–Crippen LogP) is 1.92. The Morgan fingerprint density at radius 3 is 2.52 bits per heavy atom. The lowest BCUT2D eigenvalue weighted by Gasteiger charge is -2.27. The highest BCUT2D eigenvalue weighted by Gasteiger charge is 2.25. The molecule has 1 heterocycles. The average Bonchev–Trinajstić information content (AvgIpc) is 2.42. The van der Waals surface area contributed by atoms with E-state index in [1.165, 1.54) is 12.0 Å². The van der Waals surface area contributed by atoms with Crippen LogP contribution in [0.2, 0.25) is 5.02 Å². The van der Waals surface area contributed by atoms with Gasteiger partial charge in [0.15, 0.2) is 9.84 Å². The molecule has 6 nitrogen and oxygen atoms in total. The topological polar surface area (TPSA) is 75.7 Å². The minimum Gasteiger partial charge on any atom is -0.495 e. The zero-order chi connectivity index (χ0) is 15.6. The second-order valence-corrected chi connectivity index (χ2v) is 7.58. The molecule has 2 rings (SSSR count). The molecule has 1 fully saturated rings. The minimum absolute atomic E-state index is 0.00278. The second-order valence-electron chi connectivity index (χ2n) is 4.87. The molecule has 21 heavy (non-hydrogen) atoms. The van der Waals surface area contributed by atoms with E-state index >= 15 is 0 Å². The van der Waals surface area contributed by atoms with Gasteiger partial charge in [-0.2, -0.15) is 0 Å². The third kappa shape index (κ3) is 3.79. The number of hydrogen-bond acceptors (Lipinski definition) is 4. The van der Waals surface area contributed by atoms with E-state index in [2.05, 4.69) is 5.32 Å². The molecule has 1 N–H and O–H groups in total. The largest absolute Gasteiger partial charge is 0.495 e. The summed E-state index contributed by atoms with van der Waals surface area (Å²) in [6, 6.07) is 3.01. The van der Waals surface area contributed by atoms with E-state index in [0.717, 1.165) is 5.56 Å². The molecule has 1 aliphatic heterocycles. The number of carbonyl (C=O) groups excluding carboxylic acids is 1. The van der Waals surface area contributed by atoms with Gasteiger partial charge < -0.3 is 15.0 Å². The van der Waals surface area contributed by atoms with Crippen LogP contribution in [0.25, 0.3) is 0 Å². The molecule has 0 aromatic heterocycles. The van der Waals surface area contributed by atoms with Crippen LogP contribution in [0.4, 0.5) is 10.5 Å². The maximum atomic E-state index is 12.2. The summed E-state index contributed by atoms with van der Waals surface area (Å²) in [7, 11) is -1.52. The Morgan fingerprint density at radius 2 is 1.95 bits per heavy atom. The molecule has 0 saturated carbocycles. The highest BCUT2D eigenvalue weighted by atomic mass is 35.5. The fourth-order valence-electron chi connectivity index (χ4n) is 2.04. The van der Waals surface area contributed by atoms with E-state index in [1.807, 2.05) is 6.92 Å². The number of hydrogen-bond donors (Lipinski definition) is 1. The standard InChI is InChI=1S/C13H17ClN2O4S/c1-9-7-11(12(20-2)8-10(9)14)15-13(17)16-3-5-21(18,19)6-4-16/h7-8H,3-6H2,1-2H3,(H,15,17). The molecule has 0 bridgehead atoms. The number of benzene rings is 1. The second kappa shape index (κ2) is 6.11. The number of aryl methyl sites for hydroxylation is 1. The Balaban J connectivity index is 2.11. The Hall–Kier alpha value is -1.47. The van der Waals surface area contributed by atoms with Gasteiger partial charge in [-0.25, -0.2) is 13.2 Å². The van der Waals surface area contributed by atoms with Gasteiger partial charge in [-0.15, -0.1) is 0 Å². The molecule has 2 amide bonds. The first kappa shape index (κ1) is 15.9. The fourth-order valence-corrected chi connectivity index (χ4v) is 3.39. The molecule has 1 aromatic rings. The number of methoxy groups -OCH3 is 1. The molecular formula is C13H17ClN2O4S. The molecule has 0 atom stereocenters. The van der Waals surface area contributed by atoms with Gasteiger partial charge in [0.25, 0.3) is 0 Å². The van der Waals surface area contributed by atoms with E-state index in [4.69, 9.17) is 16.3 Å². The molecule has 1 aromatic carbocycles. The Morgan fingerprint density at radius 1 is 1.33 bits per heavy atom. The Kier molecular flexibility index (Phi) is 4.63. The van der Waals surface area contributed by atoms with Crippen LogP contribution < -0.4 is 10.1 Å². The Bertz CT molecular complexity index is 646. The van der Waals surface area contributed by atoms with Crippen molar-refractivity contribution in [3.63, 3.8) is 0 Å². The number of ether oxygens (including phenoxy) is 1. The van der Waals surface area contributed by atoms with Crippen LogP contribution >= 0.6 is 11.6 Å². The summed E-state index contributed by atoms with van der Waals surface area (Å²) in [6.45, 7) is 2.22. The van der Waals surface area contributed by atoms with E-state index in [-0.39, 0.29) is 30.6 Å². The summed E-state index contributed by atoms with van der Waals surface area (Å²) in [5.41, 5.74) is 1.33. The first-order chi connectivity index (χ1) is 9.82. The van der Waals surface area contributed by atoms with Crippen molar-refractivity contribution in [3.8, 4) is 5.75 Å². The van der Waals surface area contributed by atoms with Crippen molar-refractivity contribution in [2.24, 2.45) is 0 Å². The lowest BCUT2D eigenvalue weighted by Crippen LogP contribution is -2.45. The number of anilines is 1. The van der Waals surface area contributed by atoms with Crippen molar-refractivity contribution in [2.45, 2.75) is 6.92 Å². The third-order valence-electron chi connectivity index (χ3n) is 3.35. The zero-order valence-electron chi connectivity index (χ0n) is 11.8. The fraction of sp³-hybridized carbons (Fsp3) is 0.462. The van der Waals surface area contributed by atoms with Gasteiger partial charge in [0.2, 0.25) is 0 Å². The zero-order valence-corrected chi connectivity index (χ0v) is 13.4. The van der Waals surface area contributed by atoms with Crippen LogP contribution in [0.3, 0.4) is 0 Å². The third-order valence-corrected chi connectivity index (χ3v) is 5.37. The predicted molar refractivity (Wildman–Crippen MR) is 82.0 cm³/mol. The number of carbonyl (C=O) groups is 1. The minimum atomic E-state index is -3.01. The van der Waals surface area contributed by atoms with Crippen LogP contribution in [0, 0.1) is 6.92 Å². The monoisotopic (exact) mass is 332 g/mol. The molecule has 8 heteroatoms. The highest BCUT2D eigenvalue weighted by molar-refractivity contribution is 7.91. The maximum absolute atomic E-state index is 12.2. The van der Waals surface area contributed by atoms with Gasteiger partial charge in [-0.05, 0) is 18.6 Å². The molecule has 1 aliphatic rings. The summed E-state index contributed by atoms with van der Waals surface area (Å²) in [5, 5.41) is 3.29. The van der Waals surface area contributed by atoms with Crippen molar-refractivity contribution in [2.75, 3.05) is 37.0 Å². The van der Waals surface area contributed by atoms with E-state index in [1.54, 1.807) is 12.1 Å². The van der Waals surface area contributed by atoms with Crippen LogP contribution in [0.15, 0.2) is 12.1 Å². The summed E-state index contributed by atoms with van der Waals surface area (Å²) in [5.74, 6) is 0.456. The summed E-state index contributed by atoms with van der Waals surface area (Å²) >= 11 is 6.01. The Labute approximate surface area is 128 Å². The van der Waals surface area contributed by atoms with E-state index < -0.39 is 9.84 Å². The molecular weight excluding hydrogens is 316 g/mol. The van der Waals surface area contributed by atoms with Crippen LogP contribution in [0.5, 0.6) is 5.75 Å². The van der Waals surface area contributed by atoms with Crippen molar-refractivity contribution in [1.82, 2.24) is 4.90 Å². The number of sulfone groups is 1. The molecule has 116 valence electrons. The molecule has 1 saturated heterocycles. The number of rotatable bonds is 2. The molecule has 0 radical (unpaired) electrons. The first-order valence-electron chi connectivity index (χ1n) is 6.43. The number of nitrogens with one attached hydrogen (secondary N) is 1. The quantitative estimate of drug-likeness (QED) is 0.897. The first-order valence-corrected chi connectivity index (χ1v) is 8.63. The lowest BCUT2D eigenvalue weighted by atomic mass is 10.2. The molecule has 0 spiro atoms.